The molecule has 98 valence electrons. The second-order valence-electron chi connectivity index (χ2n) is 4.05. The van der Waals surface area contributed by atoms with Crippen molar-refractivity contribution < 1.29 is 14.6 Å². The van der Waals surface area contributed by atoms with Crippen LogP contribution in [0.3, 0.4) is 0 Å². The molecule has 0 aromatic heterocycles. The summed E-state index contributed by atoms with van der Waals surface area (Å²) in [7, 11) is 3.07. The molecule has 4 heteroatoms. The summed E-state index contributed by atoms with van der Waals surface area (Å²) in [5, 5.41) is 19.4. The lowest BCUT2D eigenvalue weighted by molar-refractivity contribution is 0.126. The maximum Gasteiger partial charge on any atom is 0.166 e. The van der Waals surface area contributed by atoms with Gasteiger partial charge in [-0.1, -0.05) is 25.5 Å². The first kappa shape index (κ1) is 14.3. The quantitative estimate of drug-likeness (QED) is 0.842. The summed E-state index contributed by atoms with van der Waals surface area (Å²) in [6, 6.07) is 7.44. The first-order valence-corrected chi connectivity index (χ1v) is 5.98. The van der Waals surface area contributed by atoms with Crippen molar-refractivity contribution in [3.05, 3.63) is 23.8 Å². The summed E-state index contributed by atoms with van der Waals surface area (Å²) < 4.78 is 10.4. The molecule has 0 aliphatic heterocycles. The Balaban J connectivity index is 3.12. The minimum Gasteiger partial charge on any atom is -0.493 e. The average Bonchev–Trinajstić information content (AvgIpc) is 2.42. The number of nitrogens with zero attached hydrogens (tertiary/aromatic N) is 1. The number of nitriles is 1. The number of benzene rings is 1. The Labute approximate surface area is 108 Å². The minimum absolute atomic E-state index is 0.434. The van der Waals surface area contributed by atoms with Gasteiger partial charge in [-0.15, -0.1) is 0 Å². The smallest absolute Gasteiger partial charge is 0.166 e. The van der Waals surface area contributed by atoms with Crippen molar-refractivity contribution >= 4 is 0 Å². The molecule has 1 aromatic carbocycles. The number of ether oxygens (including phenoxy) is 2. The molecule has 0 aliphatic carbocycles. The zero-order valence-corrected chi connectivity index (χ0v) is 11.0. The maximum atomic E-state index is 10.3. The normalized spacial score (nSPS) is 13.5. The molecule has 0 spiro atoms. The Kier molecular flexibility index (Phi) is 5.47. The van der Waals surface area contributed by atoms with Gasteiger partial charge in [-0.25, -0.2) is 0 Å². The Bertz CT molecular complexity index is 426. The molecule has 0 radical (unpaired) electrons. The fourth-order valence-electron chi connectivity index (χ4n) is 1.97. The molecule has 0 saturated heterocycles. The first-order valence-electron chi connectivity index (χ1n) is 5.98. The van der Waals surface area contributed by atoms with E-state index in [4.69, 9.17) is 14.7 Å². The van der Waals surface area contributed by atoms with Gasteiger partial charge in [-0.2, -0.15) is 5.26 Å². The van der Waals surface area contributed by atoms with Crippen molar-refractivity contribution in [1.29, 1.82) is 5.26 Å². The monoisotopic (exact) mass is 249 g/mol. The van der Waals surface area contributed by atoms with Gasteiger partial charge in [0.25, 0.3) is 0 Å². The van der Waals surface area contributed by atoms with Crippen molar-refractivity contribution in [1.82, 2.24) is 0 Å². The van der Waals surface area contributed by atoms with Gasteiger partial charge in [0.2, 0.25) is 0 Å². The van der Waals surface area contributed by atoms with Crippen LogP contribution in [0.5, 0.6) is 11.5 Å². The van der Waals surface area contributed by atoms with E-state index < -0.39 is 12.0 Å². The molecule has 4 nitrogen and oxygen atoms in total. The van der Waals surface area contributed by atoms with Crippen LogP contribution >= 0.6 is 0 Å². The van der Waals surface area contributed by atoms with Crippen LogP contribution < -0.4 is 9.47 Å². The van der Waals surface area contributed by atoms with Crippen LogP contribution in [-0.2, 0) is 0 Å². The average molecular weight is 249 g/mol. The minimum atomic E-state index is -0.861. The van der Waals surface area contributed by atoms with E-state index in [-0.39, 0.29) is 0 Å². The molecule has 1 aromatic rings. The van der Waals surface area contributed by atoms with Crippen LogP contribution in [-0.4, -0.2) is 19.3 Å². The number of aliphatic hydroxyl groups is 1. The van der Waals surface area contributed by atoms with Crippen LogP contribution in [0.15, 0.2) is 18.2 Å². The maximum absolute atomic E-state index is 10.3. The zero-order chi connectivity index (χ0) is 13.5. The molecule has 1 N–H and O–H groups in total. The second kappa shape index (κ2) is 6.87. The van der Waals surface area contributed by atoms with Crippen molar-refractivity contribution in [3.63, 3.8) is 0 Å². The van der Waals surface area contributed by atoms with Gasteiger partial charge >= 0.3 is 0 Å². The molecule has 18 heavy (non-hydrogen) atoms. The number of hydrogen-bond acceptors (Lipinski definition) is 4. The van der Waals surface area contributed by atoms with Crippen molar-refractivity contribution in [2.24, 2.45) is 5.92 Å². The van der Waals surface area contributed by atoms with Crippen LogP contribution in [0.4, 0.5) is 0 Å². The third-order valence-corrected chi connectivity index (χ3v) is 2.90. The lowest BCUT2D eigenvalue weighted by Crippen LogP contribution is -2.12. The predicted octanol–water partition coefficient (Wildman–Crippen LogP) is 2.68. The number of para-hydroxylation sites is 1. The topological polar surface area (TPSA) is 62.5 Å². The lowest BCUT2D eigenvalue weighted by atomic mass is 9.92. The Morgan fingerprint density at radius 2 is 2.06 bits per heavy atom. The molecule has 0 saturated carbocycles. The third-order valence-electron chi connectivity index (χ3n) is 2.90. The van der Waals surface area contributed by atoms with Gasteiger partial charge in [0.1, 0.15) is 0 Å². The number of aliphatic hydroxyl groups excluding tert-OH is 1. The molecule has 2 unspecified atom stereocenters. The summed E-state index contributed by atoms with van der Waals surface area (Å²) >= 11 is 0. The van der Waals surface area contributed by atoms with Crippen molar-refractivity contribution in [2.75, 3.05) is 14.2 Å². The van der Waals surface area contributed by atoms with Gasteiger partial charge in [-0.05, 0) is 12.5 Å². The Hall–Kier alpha value is -1.73. The van der Waals surface area contributed by atoms with Gasteiger partial charge in [0, 0.05) is 5.56 Å². The molecule has 1 rings (SSSR count). The SMILES string of the molecule is CCCC(C#N)C(O)c1cccc(OC)c1OC. The Morgan fingerprint density at radius 3 is 2.56 bits per heavy atom. The van der Waals surface area contributed by atoms with E-state index in [1.54, 1.807) is 25.3 Å². The molecule has 0 fully saturated rings. The summed E-state index contributed by atoms with van der Waals surface area (Å²) in [6.45, 7) is 1.99. The van der Waals surface area contributed by atoms with Crippen LogP contribution in [0.25, 0.3) is 0 Å². The Morgan fingerprint density at radius 1 is 1.33 bits per heavy atom. The van der Waals surface area contributed by atoms with Crippen molar-refractivity contribution in [3.8, 4) is 17.6 Å². The van der Waals surface area contributed by atoms with E-state index in [2.05, 4.69) is 6.07 Å². The van der Waals surface area contributed by atoms with E-state index in [9.17, 15) is 5.11 Å². The first-order chi connectivity index (χ1) is 8.69. The van der Waals surface area contributed by atoms with E-state index in [0.29, 0.717) is 23.5 Å². The van der Waals surface area contributed by atoms with Crippen molar-refractivity contribution in [2.45, 2.75) is 25.9 Å². The molecule has 0 heterocycles. The molecular weight excluding hydrogens is 230 g/mol. The van der Waals surface area contributed by atoms with Crippen LogP contribution in [0.2, 0.25) is 0 Å². The van der Waals surface area contributed by atoms with E-state index in [1.807, 2.05) is 6.92 Å². The molecule has 0 amide bonds. The zero-order valence-electron chi connectivity index (χ0n) is 11.0. The van der Waals surface area contributed by atoms with Gasteiger partial charge in [0.15, 0.2) is 11.5 Å². The van der Waals surface area contributed by atoms with Gasteiger partial charge < -0.3 is 14.6 Å². The predicted molar refractivity (Wildman–Crippen MR) is 68.5 cm³/mol. The highest BCUT2D eigenvalue weighted by atomic mass is 16.5. The van der Waals surface area contributed by atoms with Gasteiger partial charge in [0.05, 0.1) is 32.3 Å². The summed E-state index contributed by atoms with van der Waals surface area (Å²) in [6.07, 6.45) is 0.638. The van der Waals surface area contributed by atoms with Gasteiger partial charge in [-0.3, -0.25) is 0 Å². The molecule has 0 bridgehead atoms. The molecular formula is C14H19NO3. The molecule has 2 atom stereocenters. The van der Waals surface area contributed by atoms with Crippen LogP contribution in [0, 0.1) is 17.2 Å². The van der Waals surface area contributed by atoms with E-state index >= 15 is 0 Å². The molecule has 0 aliphatic rings. The second-order valence-corrected chi connectivity index (χ2v) is 4.05. The largest absolute Gasteiger partial charge is 0.493 e. The number of methoxy groups -OCH3 is 2. The fraction of sp³-hybridized carbons (Fsp3) is 0.500. The number of rotatable bonds is 6. The summed E-state index contributed by atoms with van der Waals surface area (Å²) in [5.41, 5.74) is 0.594. The fourth-order valence-corrected chi connectivity index (χ4v) is 1.97. The van der Waals surface area contributed by atoms with Crippen LogP contribution in [0.1, 0.15) is 31.4 Å². The highest BCUT2D eigenvalue weighted by molar-refractivity contribution is 5.48. The highest BCUT2D eigenvalue weighted by Crippen LogP contribution is 2.38. The van der Waals surface area contributed by atoms with E-state index in [1.165, 1.54) is 7.11 Å². The lowest BCUT2D eigenvalue weighted by Gasteiger charge is -2.20. The standard InChI is InChI=1S/C14H19NO3/c1-4-6-10(9-15)13(16)11-7-5-8-12(17-2)14(11)18-3/h5,7-8,10,13,16H,4,6H2,1-3H3. The summed E-state index contributed by atoms with van der Waals surface area (Å²) in [5.74, 6) is 0.613. The summed E-state index contributed by atoms with van der Waals surface area (Å²) in [4.78, 5) is 0. The number of hydrogen-bond donors (Lipinski definition) is 1. The highest BCUT2D eigenvalue weighted by Gasteiger charge is 2.24. The third kappa shape index (κ3) is 2.93. The van der Waals surface area contributed by atoms with E-state index in [0.717, 1.165) is 6.42 Å².